The fraction of sp³-hybridized carbons (Fsp3) is 0.400. The normalized spacial score (nSPS) is 27.6. The molecule has 1 aromatic heterocycles. The lowest BCUT2D eigenvalue weighted by atomic mass is 9.68. The van der Waals surface area contributed by atoms with Gasteiger partial charge < -0.3 is 10.5 Å². The number of halogens is 1. The highest BCUT2D eigenvalue weighted by molar-refractivity contribution is 5.79. The number of amides is 1. The third-order valence-corrected chi connectivity index (χ3v) is 5.66. The van der Waals surface area contributed by atoms with E-state index in [1.807, 2.05) is 12.3 Å². The van der Waals surface area contributed by atoms with Crippen molar-refractivity contribution >= 4 is 5.91 Å². The summed E-state index contributed by atoms with van der Waals surface area (Å²) in [5.41, 5.74) is 12.7. The molecule has 0 bridgehead atoms. The summed E-state index contributed by atoms with van der Waals surface area (Å²) >= 11 is 0. The standard InChI is InChI=1S/C20H23FN4O2/c21-17-3-1-2-4-19(17)27-14-7-13(10-23-11-14)12-5-6-15-16(8-12)18(9-22)24-25-20(15)26/h1-4,7,10-12,15-16,18,24H,5-6,8-9,22H2,(H,25,26). The number of carbonyl (C=O) groups is 1. The van der Waals surface area contributed by atoms with Crippen LogP contribution < -0.4 is 21.3 Å². The monoisotopic (exact) mass is 370 g/mol. The molecule has 1 aromatic carbocycles. The fourth-order valence-corrected chi connectivity index (χ4v) is 4.24. The number of nitrogens with two attached hydrogens (primary N) is 1. The Kier molecular flexibility index (Phi) is 5.05. The SMILES string of the molecule is NCC1NNC(=O)C2CCC(c3cncc(Oc4ccccc4F)c3)CC12. The molecule has 2 aromatic rings. The minimum atomic E-state index is -0.409. The van der Waals surface area contributed by atoms with Crippen molar-refractivity contribution in [3.05, 3.63) is 54.1 Å². The van der Waals surface area contributed by atoms with Crippen molar-refractivity contribution in [3.8, 4) is 11.5 Å². The molecule has 2 fully saturated rings. The Labute approximate surface area is 157 Å². The molecule has 7 heteroatoms. The van der Waals surface area contributed by atoms with E-state index < -0.39 is 5.82 Å². The number of fused-ring (bicyclic) bond motifs is 1. The molecule has 6 nitrogen and oxygen atoms in total. The molecule has 0 spiro atoms. The van der Waals surface area contributed by atoms with Crippen LogP contribution in [-0.2, 0) is 4.79 Å². The largest absolute Gasteiger partial charge is 0.453 e. The van der Waals surface area contributed by atoms with Gasteiger partial charge in [0.2, 0.25) is 5.91 Å². The summed E-state index contributed by atoms with van der Waals surface area (Å²) in [6.07, 6.45) is 5.99. The van der Waals surface area contributed by atoms with Gasteiger partial charge in [-0.25, -0.2) is 9.82 Å². The number of benzene rings is 1. The van der Waals surface area contributed by atoms with Gasteiger partial charge in [-0.3, -0.25) is 15.2 Å². The van der Waals surface area contributed by atoms with Crippen LogP contribution in [0, 0.1) is 17.7 Å². The zero-order valence-corrected chi connectivity index (χ0v) is 14.9. The lowest BCUT2D eigenvalue weighted by molar-refractivity contribution is -0.133. The van der Waals surface area contributed by atoms with Crippen LogP contribution >= 0.6 is 0 Å². The third kappa shape index (κ3) is 3.65. The molecule has 4 unspecified atom stereocenters. The summed E-state index contributed by atoms with van der Waals surface area (Å²) < 4.78 is 19.5. The van der Waals surface area contributed by atoms with Crippen LogP contribution in [-0.4, -0.2) is 23.5 Å². The predicted octanol–water partition coefficient (Wildman–Crippen LogP) is 2.47. The van der Waals surface area contributed by atoms with Crippen molar-refractivity contribution in [3.63, 3.8) is 0 Å². The molecule has 2 heterocycles. The van der Waals surface area contributed by atoms with Crippen LogP contribution in [0.2, 0.25) is 0 Å². The fourth-order valence-electron chi connectivity index (χ4n) is 4.24. The van der Waals surface area contributed by atoms with Crippen molar-refractivity contribution in [2.24, 2.45) is 17.6 Å². The number of hydrogen-bond acceptors (Lipinski definition) is 5. The quantitative estimate of drug-likeness (QED) is 0.769. The number of hydrazine groups is 1. The average molecular weight is 370 g/mol. The number of aromatic nitrogens is 1. The number of para-hydroxylation sites is 1. The van der Waals surface area contributed by atoms with Crippen LogP contribution in [0.4, 0.5) is 4.39 Å². The average Bonchev–Trinajstić information content (AvgIpc) is 2.70. The first kappa shape index (κ1) is 17.9. The van der Waals surface area contributed by atoms with Crippen LogP contribution in [0.1, 0.15) is 30.7 Å². The molecule has 27 heavy (non-hydrogen) atoms. The van der Waals surface area contributed by atoms with Gasteiger partial charge in [-0.1, -0.05) is 12.1 Å². The molecule has 1 saturated carbocycles. The second kappa shape index (κ2) is 7.62. The Morgan fingerprint density at radius 3 is 2.93 bits per heavy atom. The number of nitrogens with one attached hydrogen (secondary N) is 2. The molecule has 1 aliphatic heterocycles. The minimum Gasteiger partial charge on any atom is -0.453 e. The summed E-state index contributed by atoms with van der Waals surface area (Å²) in [6.45, 7) is 0.475. The lowest BCUT2D eigenvalue weighted by Crippen LogP contribution is -2.62. The van der Waals surface area contributed by atoms with E-state index in [4.69, 9.17) is 10.5 Å². The van der Waals surface area contributed by atoms with E-state index >= 15 is 0 Å². The van der Waals surface area contributed by atoms with Crippen LogP contribution in [0.25, 0.3) is 0 Å². The second-order valence-corrected chi connectivity index (χ2v) is 7.24. The summed E-state index contributed by atoms with van der Waals surface area (Å²) in [6, 6.07) is 8.29. The van der Waals surface area contributed by atoms with Crippen molar-refractivity contribution in [1.29, 1.82) is 0 Å². The zero-order valence-electron chi connectivity index (χ0n) is 14.9. The molecule has 1 aliphatic carbocycles. The van der Waals surface area contributed by atoms with E-state index in [0.717, 1.165) is 24.8 Å². The van der Waals surface area contributed by atoms with E-state index in [9.17, 15) is 9.18 Å². The summed E-state index contributed by atoms with van der Waals surface area (Å²) in [4.78, 5) is 16.4. The second-order valence-electron chi connectivity index (χ2n) is 7.24. The van der Waals surface area contributed by atoms with Gasteiger partial charge in [-0.15, -0.1) is 0 Å². The van der Waals surface area contributed by atoms with Crippen LogP contribution in [0.15, 0.2) is 42.7 Å². The van der Waals surface area contributed by atoms with Crippen LogP contribution in [0.3, 0.4) is 0 Å². The van der Waals surface area contributed by atoms with E-state index in [0.29, 0.717) is 12.3 Å². The van der Waals surface area contributed by atoms with E-state index in [2.05, 4.69) is 15.8 Å². The molecular formula is C20H23FN4O2. The van der Waals surface area contributed by atoms with Gasteiger partial charge in [0, 0.05) is 24.7 Å². The Morgan fingerprint density at radius 2 is 2.11 bits per heavy atom. The number of ether oxygens (including phenoxy) is 1. The number of nitrogens with zero attached hydrogens (tertiary/aromatic N) is 1. The summed E-state index contributed by atoms with van der Waals surface area (Å²) in [5, 5.41) is 0. The highest BCUT2D eigenvalue weighted by Crippen LogP contribution is 2.42. The summed E-state index contributed by atoms with van der Waals surface area (Å²) in [7, 11) is 0. The smallest absolute Gasteiger partial charge is 0.237 e. The Hall–Kier alpha value is -2.51. The zero-order chi connectivity index (χ0) is 18.8. The molecule has 1 saturated heterocycles. The van der Waals surface area contributed by atoms with Gasteiger partial charge in [0.25, 0.3) is 0 Å². The molecule has 4 atom stereocenters. The van der Waals surface area contributed by atoms with E-state index in [1.165, 1.54) is 6.07 Å². The maximum atomic E-state index is 13.8. The number of carbonyl (C=O) groups excluding carboxylic acids is 1. The molecule has 4 rings (SSSR count). The third-order valence-electron chi connectivity index (χ3n) is 5.66. The Morgan fingerprint density at radius 1 is 1.26 bits per heavy atom. The minimum absolute atomic E-state index is 0.00172. The maximum absolute atomic E-state index is 13.8. The van der Waals surface area contributed by atoms with E-state index in [1.54, 1.807) is 24.4 Å². The van der Waals surface area contributed by atoms with Gasteiger partial charge in [0.05, 0.1) is 6.20 Å². The lowest BCUT2D eigenvalue weighted by Gasteiger charge is -2.43. The van der Waals surface area contributed by atoms with Gasteiger partial charge >= 0.3 is 0 Å². The Balaban J connectivity index is 1.52. The molecule has 142 valence electrons. The predicted molar refractivity (Wildman–Crippen MR) is 98.4 cm³/mol. The summed E-state index contributed by atoms with van der Waals surface area (Å²) in [5.74, 6) is 0.794. The maximum Gasteiger partial charge on any atom is 0.237 e. The molecular weight excluding hydrogens is 347 g/mol. The number of rotatable bonds is 4. The number of pyridine rings is 1. The van der Waals surface area contributed by atoms with Gasteiger partial charge in [0.1, 0.15) is 5.75 Å². The first-order valence-electron chi connectivity index (χ1n) is 9.28. The van der Waals surface area contributed by atoms with Gasteiger partial charge in [-0.05, 0) is 54.9 Å². The van der Waals surface area contributed by atoms with Crippen LogP contribution in [0.5, 0.6) is 11.5 Å². The Bertz CT molecular complexity index is 831. The highest BCUT2D eigenvalue weighted by atomic mass is 19.1. The van der Waals surface area contributed by atoms with Gasteiger partial charge in [0.15, 0.2) is 11.6 Å². The first-order valence-corrected chi connectivity index (χ1v) is 9.28. The van der Waals surface area contributed by atoms with Crippen molar-refractivity contribution in [2.75, 3.05) is 6.54 Å². The molecule has 1 amide bonds. The molecule has 0 radical (unpaired) electrons. The molecule has 4 N–H and O–H groups in total. The highest BCUT2D eigenvalue weighted by Gasteiger charge is 2.42. The van der Waals surface area contributed by atoms with Crippen molar-refractivity contribution in [1.82, 2.24) is 15.8 Å². The van der Waals surface area contributed by atoms with Gasteiger partial charge in [-0.2, -0.15) is 0 Å². The van der Waals surface area contributed by atoms with Crippen molar-refractivity contribution in [2.45, 2.75) is 31.2 Å². The topological polar surface area (TPSA) is 89.3 Å². The van der Waals surface area contributed by atoms with Crippen molar-refractivity contribution < 1.29 is 13.9 Å². The molecule has 2 aliphatic rings. The van der Waals surface area contributed by atoms with E-state index in [-0.39, 0.29) is 35.5 Å². The number of hydrogen-bond donors (Lipinski definition) is 3. The first-order chi connectivity index (χ1) is 13.2.